The SMILES string of the molecule is CC1CC2(C3CCC3)CC1C2C. The Balaban J connectivity index is 1.84. The molecule has 4 rings (SSSR count). The largest absolute Gasteiger partial charge is 0.0622 e. The van der Waals surface area contributed by atoms with Crippen LogP contribution in [-0.2, 0) is 0 Å². The van der Waals surface area contributed by atoms with E-state index < -0.39 is 0 Å². The van der Waals surface area contributed by atoms with Crippen molar-refractivity contribution in [3.8, 4) is 0 Å². The zero-order valence-electron chi connectivity index (χ0n) is 8.34. The van der Waals surface area contributed by atoms with Crippen molar-refractivity contribution in [1.82, 2.24) is 0 Å². The van der Waals surface area contributed by atoms with Gasteiger partial charge in [-0.15, -0.1) is 0 Å². The van der Waals surface area contributed by atoms with Crippen molar-refractivity contribution in [2.75, 3.05) is 0 Å². The summed E-state index contributed by atoms with van der Waals surface area (Å²) in [5, 5.41) is 0. The Morgan fingerprint density at radius 3 is 2.17 bits per heavy atom. The second-order valence-electron chi connectivity index (χ2n) is 5.70. The number of hydrogen-bond donors (Lipinski definition) is 0. The minimum Gasteiger partial charge on any atom is -0.0622 e. The molecule has 0 radical (unpaired) electrons. The van der Waals surface area contributed by atoms with Crippen molar-refractivity contribution < 1.29 is 0 Å². The van der Waals surface area contributed by atoms with Crippen molar-refractivity contribution >= 4 is 0 Å². The van der Waals surface area contributed by atoms with E-state index >= 15 is 0 Å². The monoisotopic (exact) mass is 164 g/mol. The van der Waals surface area contributed by atoms with Crippen molar-refractivity contribution in [2.45, 2.75) is 46.0 Å². The minimum atomic E-state index is 0.863. The highest BCUT2D eigenvalue weighted by Gasteiger charge is 2.63. The van der Waals surface area contributed by atoms with Gasteiger partial charge in [-0.1, -0.05) is 20.3 Å². The maximum absolute atomic E-state index is 2.52. The second-order valence-corrected chi connectivity index (χ2v) is 5.70. The zero-order valence-corrected chi connectivity index (χ0v) is 8.34. The molecule has 0 saturated heterocycles. The van der Waals surface area contributed by atoms with Crippen LogP contribution < -0.4 is 0 Å². The first-order valence-electron chi connectivity index (χ1n) is 5.74. The summed E-state index contributed by atoms with van der Waals surface area (Å²) in [7, 11) is 0. The van der Waals surface area contributed by atoms with Crippen LogP contribution in [0.5, 0.6) is 0 Å². The summed E-state index contributed by atoms with van der Waals surface area (Å²) >= 11 is 0. The normalized spacial score (nSPS) is 58.0. The molecule has 0 amide bonds. The summed E-state index contributed by atoms with van der Waals surface area (Å²) in [6.07, 6.45) is 7.81. The molecule has 0 aromatic heterocycles. The third-order valence-corrected chi connectivity index (χ3v) is 5.52. The molecule has 4 aliphatic rings. The van der Waals surface area contributed by atoms with Gasteiger partial charge in [-0.05, 0) is 54.8 Å². The van der Waals surface area contributed by atoms with Crippen molar-refractivity contribution in [2.24, 2.45) is 29.1 Å². The maximum atomic E-state index is 2.52. The standard InChI is InChI=1S/C12H20/c1-8-6-12(10-4-3-5-10)7-11(8)9(12)2/h8-11H,3-7H2,1-2H3. The molecule has 0 N–H and O–H groups in total. The molecule has 0 aliphatic heterocycles. The Bertz CT molecular complexity index is 200. The Morgan fingerprint density at radius 2 is 1.83 bits per heavy atom. The molecule has 68 valence electrons. The Labute approximate surface area is 75.7 Å². The van der Waals surface area contributed by atoms with E-state index in [0.29, 0.717) is 0 Å². The van der Waals surface area contributed by atoms with Crippen LogP contribution in [0.15, 0.2) is 0 Å². The lowest BCUT2D eigenvalue weighted by molar-refractivity contribution is -0.0504. The summed E-state index contributed by atoms with van der Waals surface area (Å²) in [6, 6.07) is 0. The van der Waals surface area contributed by atoms with Gasteiger partial charge in [-0.2, -0.15) is 0 Å². The van der Waals surface area contributed by atoms with Crippen LogP contribution in [0.1, 0.15) is 46.0 Å². The topological polar surface area (TPSA) is 0 Å². The fraction of sp³-hybridized carbons (Fsp3) is 1.00. The maximum Gasteiger partial charge on any atom is -0.0235 e. The molecule has 0 spiro atoms. The molecule has 0 heterocycles. The van der Waals surface area contributed by atoms with Gasteiger partial charge in [-0.25, -0.2) is 0 Å². The first kappa shape index (κ1) is 7.41. The molecule has 4 unspecified atom stereocenters. The lowest BCUT2D eigenvalue weighted by atomic mass is 9.51. The lowest BCUT2D eigenvalue weighted by Crippen LogP contribution is -2.46. The summed E-state index contributed by atoms with van der Waals surface area (Å²) in [6.45, 7) is 5.00. The summed E-state index contributed by atoms with van der Waals surface area (Å²) in [4.78, 5) is 0. The Kier molecular flexibility index (Phi) is 1.28. The van der Waals surface area contributed by atoms with E-state index in [1.54, 1.807) is 25.7 Å². The van der Waals surface area contributed by atoms with Crippen LogP contribution in [-0.4, -0.2) is 0 Å². The quantitative estimate of drug-likeness (QED) is 0.556. The molecule has 12 heavy (non-hydrogen) atoms. The highest BCUT2D eigenvalue weighted by atomic mass is 14.7. The van der Waals surface area contributed by atoms with Gasteiger partial charge in [0.15, 0.2) is 0 Å². The van der Waals surface area contributed by atoms with Crippen LogP contribution in [0.25, 0.3) is 0 Å². The number of rotatable bonds is 1. The van der Waals surface area contributed by atoms with Gasteiger partial charge in [0.2, 0.25) is 0 Å². The van der Waals surface area contributed by atoms with Gasteiger partial charge in [0.25, 0.3) is 0 Å². The highest BCUT2D eigenvalue weighted by Crippen LogP contribution is 2.71. The van der Waals surface area contributed by atoms with E-state index in [0.717, 1.165) is 29.1 Å². The van der Waals surface area contributed by atoms with Crippen LogP contribution in [0.4, 0.5) is 0 Å². The van der Waals surface area contributed by atoms with Crippen LogP contribution in [0.2, 0.25) is 0 Å². The third-order valence-electron chi connectivity index (χ3n) is 5.52. The van der Waals surface area contributed by atoms with Crippen LogP contribution >= 0.6 is 0 Å². The summed E-state index contributed by atoms with van der Waals surface area (Å²) < 4.78 is 0. The molecule has 4 saturated carbocycles. The molecule has 4 atom stereocenters. The van der Waals surface area contributed by atoms with Crippen LogP contribution in [0.3, 0.4) is 0 Å². The van der Waals surface area contributed by atoms with Gasteiger partial charge in [0.05, 0.1) is 0 Å². The summed E-state index contributed by atoms with van der Waals surface area (Å²) in [5.74, 6) is 4.40. The van der Waals surface area contributed by atoms with Gasteiger partial charge >= 0.3 is 0 Å². The predicted octanol–water partition coefficient (Wildman–Crippen LogP) is 3.47. The fourth-order valence-electron chi connectivity index (χ4n) is 4.47. The molecule has 0 aromatic carbocycles. The molecule has 0 aromatic rings. The van der Waals surface area contributed by atoms with E-state index in [4.69, 9.17) is 0 Å². The second kappa shape index (κ2) is 2.08. The molecule has 0 nitrogen and oxygen atoms in total. The van der Waals surface area contributed by atoms with E-state index in [2.05, 4.69) is 13.8 Å². The van der Waals surface area contributed by atoms with Gasteiger partial charge < -0.3 is 0 Å². The van der Waals surface area contributed by atoms with E-state index in [1.807, 2.05) is 0 Å². The van der Waals surface area contributed by atoms with Gasteiger partial charge in [0, 0.05) is 0 Å². The van der Waals surface area contributed by atoms with E-state index in [1.165, 1.54) is 6.42 Å². The molecule has 0 heteroatoms. The smallest absolute Gasteiger partial charge is 0.0235 e. The molecular weight excluding hydrogens is 144 g/mol. The van der Waals surface area contributed by atoms with Gasteiger partial charge in [-0.3, -0.25) is 0 Å². The van der Waals surface area contributed by atoms with E-state index in [-0.39, 0.29) is 0 Å². The highest BCUT2D eigenvalue weighted by molar-refractivity contribution is 5.12. The van der Waals surface area contributed by atoms with E-state index in [9.17, 15) is 0 Å². The fourth-order valence-corrected chi connectivity index (χ4v) is 4.47. The average molecular weight is 164 g/mol. The average Bonchev–Trinajstić information content (AvgIpc) is 2.35. The third kappa shape index (κ3) is 0.625. The van der Waals surface area contributed by atoms with Crippen LogP contribution in [0, 0.1) is 29.1 Å². The first-order valence-corrected chi connectivity index (χ1v) is 5.74. The van der Waals surface area contributed by atoms with Crippen molar-refractivity contribution in [1.29, 1.82) is 0 Å². The summed E-state index contributed by atoms with van der Waals surface area (Å²) in [5.41, 5.74) is 0.863. The molecule has 2 bridgehead atoms. The minimum absolute atomic E-state index is 0.863. The zero-order chi connectivity index (χ0) is 8.34. The Hall–Kier alpha value is 0. The lowest BCUT2D eigenvalue weighted by Gasteiger charge is -2.54. The predicted molar refractivity (Wildman–Crippen MR) is 50.8 cm³/mol. The van der Waals surface area contributed by atoms with Gasteiger partial charge in [0.1, 0.15) is 0 Å². The molecule has 4 aliphatic carbocycles. The Morgan fingerprint density at radius 1 is 1.08 bits per heavy atom. The molecule has 4 fully saturated rings. The number of hydrogen-bond acceptors (Lipinski definition) is 0. The number of fused-ring (bicyclic) bond motifs is 1. The molecular formula is C12H20. The first-order chi connectivity index (χ1) is 5.74. The van der Waals surface area contributed by atoms with Crippen molar-refractivity contribution in [3.63, 3.8) is 0 Å². The van der Waals surface area contributed by atoms with Crippen molar-refractivity contribution in [3.05, 3.63) is 0 Å².